The van der Waals surface area contributed by atoms with Crippen molar-refractivity contribution in [2.24, 2.45) is 5.16 Å². The number of oxime groups is 1. The highest BCUT2D eigenvalue weighted by molar-refractivity contribution is 7.18. The molecular weight excluding hydrogens is 449 g/mol. The van der Waals surface area contributed by atoms with Crippen LogP contribution >= 0.6 is 22.9 Å². The number of amides is 1. The number of alkyl halides is 3. The molecule has 0 fully saturated rings. The molecule has 9 heteroatoms. The zero-order chi connectivity index (χ0) is 22.0. The van der Waals surface area contributed by atoms with Gasteiger partial charge in [0.2, 0.25) is 0 Å². The van der Waals surface area contributed by atoms with Crippen LogP contribution in [0.1, 0.15) is 27.2 Å². The summed E-state index contributed by atoms with van der Waals surface area (Å²) >= 11 is 7.03. The molecule has 0 radical (unpaired) electrons. The third-order valence-corrected chi connectivity index (χ3v) is 6.01. The first-order chi connectivity index (χ1) is 14.8. The lowest BCUT2D eigenvalue weighted by Crippen LogP contribution is -2.31. The van der Waals surface area contributed by atoms with Crippen LogP contribution in [-0.4, -0.2) is 24.3 Å². The van der Waals surface area contributed by atoms with Crippen molar-refractivity contribution in [3.05, 3.63) is 81.0 Å². The molecule has 1 unspecified atom stereocenters. The van der Waals surface area contributed by atoms with Crippen LogP contribution in [-0.2, 0) is 11.0 Å². The monoisotopic (exact) mass is 464 g/mol. The first-order valence-corrected chi connectivity index (χ1v) is 10.5. The average molecular weight is 465 g/mol. The molecule has 1 aliphatic rings. The van der Waals surface area contributed by atoms with E-state index in [2.05, 4.69) is 10.5 Å². The lowest BCUT2D eigenvalue weighted by Gasteiger charge is -2.13. The topological polar surface area (TPSA) is 50.7 Å². The zero-order valence-corrected chi connectivity index (χ0v) is 17.5. The lowest BCUT2D eigenvalue weighted by atomic mass is 9.96. The second-order valence-electron chi connectivity index (χ2n) is 6.90. The summed E-state index contributed by atoms with van der Waals surface area (Å²) in [5.41, 5.74) is 1.35. The van der Waals surface area contributed by atoms with Crippen LogP contribution in [0.3, 0.4) is 0 Å². The van der Waals surface area contributed by atoms with Gasteiger partial charge < -0.3 is 10.2 Å². The summed E-state index contributed by atoms with van der Waals surface area (Å²) in [6, 6.07) is 15.5. The molecule has 1 N–H and O–H groups in total. The van der Waals surface area contributed by atoms with E-state index in [0.29, 0.717) is 26.9 Å². The van der Waals surface area contributed by atoms with Gasteiger partial charge in [-0.2, -0.15) is 13.2 Å². The number of nitrogens with one attached hydrogen (secondary N) is 1. The van der Waals surface area contributed by atoms with Gasteiger partial charge >= 0.3 is 6.18 Å². The van der Waals surface area contributed by atoms with E-state index >= 15 is 0 Å². The van der Waals surface area contributed by atoms with E-state index < -0.39 is 11.7 Å². The summed E-state index contributed by atoms with van der Waals surface area (Å²) in [5, 5.41) is 6.85. The van der Waals surface area contributed by atoms with Gasteiger partial charge in [0.25, 0.3) is 5.91 Å². The minimum atomic E-state index is -4.43. The predicted octanol–water partition coefficient (Wildman–Crippen LogP) is 6.01. The Labute approximate surface area is 185 Å². The van der Waals surface area contributed by atoms with Crippen LogP contribution < -0.4 is 5.32 Å². The third-order valence-electron chi connectivity index (χ3n) is 4.78. The summed E-state index contributed by atoms with van der Waals surface area (Å²) < 4.78 is 40.3. The molecular formula is C22H16ClF3N2O2S. The smallest absolute Gasteiger partial charge is 0.390 e. The zero-order valence-electron chi connectivity index (χ0n) is 15.9. The predicted molar refractivity (Wildman–Crippen MR) is 115 cm³/mol. The van der Waals surface area contributed by atoms with Gasteiger partial charge in [0.1, 0.15) is 6.10 Å². The SMILES string of the molecule is O=C(NCC1CC(c2ccc(-c3ccccc3C(F)(F)F)cc2)=NO1)c1ccc(Cl)s1. The highest BCUT2D eigenvalue weighted by atomic mass is 35.5. The van der Waals surface area contributed by atoms with E-state index in [0.717, 1.165) is 11.6 Å². The van der Waals surface area contributed by atoms with Crippen LogP contribution in [0.25, 0.3) is 11.1 Å². The number of rotatable bonds is 5. The van der Waals surface area contributed by atoms with Gasteiger partial charge in [-0.3, -0.25) is 4.79 Å². The minimum Gasteiger partial charge on any atom is -0.390 e. The molecule has 0 saturated carbocycles. The van der Waals surface area contributed by atoms with E-state index in [1.807, 2.05) is 0 Å². The normalized spacial score (nSPS) is 16.0. The Morgan fingerprint density at radius 3 is 2.48 bits per heavy atom. The standard InChI is InChI=1S/C22H16ClF3N2O2S/c23-20-10-9-19(31-20)21(29)27-12-15-11-18(28-30-15)14-7-5-13(6-8-14)16-3-1-2-4-17(16)22(24,25)26/h1-10,15H,11-12H2,(H,27,29). The molecule has 1 aromatic heterocycles. The Balaban J connectivity index is 1.39. The number of carbonyl (C=O) groups is 1. The van der Waals surface area contributed by atoms with Crippen LogP contribution in [0.4, 0.5) is 13.2 Å². The summed E-state index contributed by atoms with van der Waals surface area (Å²) in [6.45, 7) is 0.276. The van der Waals surface area contributed by atoms with Crippen molar-refractivity contribution in [1.82, 2.24) is 5.32 Å². The second-order valence-corrected chi connectivity index (χ2v) is 8.62. The molecule has 160 valence electrons. The van der Waals surface area contributed by atoms with Gasteiger partial charge in [-0.05, 0) is 34.9 Å². The quantitative estimate of drug-likeness (QED) is 0.502. The number of hydrogen-bond donors (Lipinski definition) is 1. The molecule has 0 aliphatic carbocycles. The molecule has 0 spiro atoms. The van der Waals surface area contributed by atoms with Gasteiger partial charge in [0.05, 0.1) is 27.0 Å². The maximum Gasteiger partial charge on any atom is 0.417 e. The van der Waals surface area contributed by atoms with Gasteiger partial charge in [-0.1, -0.05) is 59.2 Å². The summed E-state index contributed by atoms with van der Waals surface area (Å²) in [7, 11) is 0. The summed E-state index contributed by atoms with van der Waals surface area (Å²) in [6.07, 6.45) is -4.27. The fourth-order valence-corrected chi connectivity index (χ4v) is 4.22. The molecule has 0 saturated heterocycles. The Bertz CT molecular complexity index is 1130. The Morgan fingerprint density at radius 2 is 1.81 bits per heavy atom. The maximum atomic E-state index is 13.3. The summed E-state index contributed by atoms with van der Waals surface area (Å²) in [5.74, 6) is -0.235. The van der Waals surface area contributed by atoms with Crippen molar-refractivity contribution in [1.29, 1.82) is 0 Å². The number of hydrogen-bond acceptors (Lipinski definition) is 4. The molecule has 0 bridgehead atoms. The van der Waals surface area contributed by atoms with Crippen LogP contribution in [0.5, 0.6) is 0 Å². The summed E-state index contributed by atoms with van der Waals surface area (Å²) in [4.78, 5) is 18.0. The number of halogens is 4. The Kier molecular flexibility index (Phi) is 6.02. The number of carbonyl (C=O) groups excluding carboxylic acids is 1. The van der Waals surface area contributed by atoms with E-state index in [1.165, 1.54) is 23.5 Å². The number of nitrogens with zero attached hydrogens (tertiary/aromatic N) is 1. The Hall–Kier alpha value is -2.84. The molecule has 31 heavy (non-hydrogen) atoms. The molecule has 1 aliphatic heterocycles. The van der Waals surface area contributed by atoms with E-state index in [-0.39, 0.29) is 24.1 Å². The molecule has 3 aromatic rings. The highest BCUT2D eigenvalue weighted by Crippen LogP contribution is 2.37. The van der Waals surface area contributed by atoms with Crippen molar-refractivity contribution in [2.45, 2.75) is 18.7 Å². The largest absolute Gasteiger partial charge is 0.417 e. The van der Waals surface area contributed by atoms with Crippen LogP contribution in [0.15, 0.2) is 65.8 Å². The first-order valence-electron chi connectivity index (χ1n) is 9.34. The van der Waals surface area contributed by atoms with E-state index in [4.69, 9.17) is 16.4 Å². The van der Waals surface area contributed by atoms with Crippen molar-refractivity contribution in [2.75, 3.05) is 6.54 Å². The Morgan fingerprint density at radius 1 is 1.10 bits per heavy atom. The molecule has 4 nitrogen and oxygen atoms in total. The maximum absolute atomic E-state index is 13.3. The first kappa shape index (κ1) is 21.4. The van der Waals surface area contributed by atoms with Crippen molar-refractivity contribution >= 4 is 34.6 Å². The molecule has 1 amide bonds. The van der Waals surface area contributed by atoms with Crippen molar-refractivity contribution in [3.63, 3.8) is 0 Å². The molecule has 1 atom stereocenters. The average Bonchev–Trinajstić information content (AvgIpc) is 3.41. The fourth-order valence-electron chi connectivity index (χ4n) is 3.26. The van der Waals surface area contributed by atoms with E-state index in [1.54, 1.807) is 42.5 Å². The molecule has 2 heterocycles. The van der Waals surface area contributed by atoms with Gasteiger partial charge in [-0.25, -0.2) is 0 Å². The lowest BCUT2D eigenvalue weighted by molar-refractivity contribution is -0.137. The number of benzene rings is 2. The fraction of sp³-hybridized carbons (Fsp3) is 0.182. The van der Waals surface area contributed by atoms with Gasteiger partial charge in [0.15, 0.2) is 0 Å². The number of thiophene rings is 1. The molecule has 2 aromatic carbocycles. The minimum absolute atomic E-state index is 0.125. The van der Waals surface area contributed by atoms with Crippen LogP contribution in [0, 0.1) is 0 Å². The second kappa shape index (κ2) is 8.72. The van der Waals surface area contributed by atoms with Gasteiger partial charge in [-0.15, -0.1) is 11.3 Å². The highest BCUT2D eigenvalue weighted by Gasteiger charge is 2.33. The van der Waals surface area contributed by atoms with Crippen LogP contribution in [0.2, 0.25) is 4.34 Å². The van der Waals surface area contributed by atoms with Gasteiger partial charge in [0, 0.05) is 6.42 Å². The van der Waals surface area contributed by atoms with Crippen molar-refractivity contribution < 1.29 is 22.8 Å². The van der Waals surface area contributed by atoms with E-state index in [9.17, 15) is 18.0 Å². The third kappa shape index (κ3) is 4.91. The molecule has 4 rings (SSSR count). The van der Waals surface area contributed by atoms with Crippen molar-refractivity contribution in [3.8, 4) is 11.1 Å².